The van der Waals surface area contributed by atoms with Crippen LogP contribution in [0.15, 0.2) is 35.3 Å². The summed E-state index contributed by atoms with van der Waals surface area (Å²) in [5.41, 5.74) is 6.47. The highest BCUT2D eigenvalue weighted by molar-refractivity contribution is 6.07. The molecule has 1 amide bonds. The summed E-state index contributed by atoms with van der Waals surface area (Å²) in [7, 11) is 0. The van der Waals surface area contributed by atoms with Gasteiger partial charge in [0.1, 0.15) is 0 Å². The molecule has 25 heavy (non-hydrogen) atoms. The average molecular weight is 341 g/mol. The summed E-state index contributed by atoms with van der Waals surface area (Å²) < 4.78 is 0. The smallest absolute Gasteiger partial charge is 0.262 e. The Morgan fingerprint density at radius 3 is 2.52 bits per heavy atom. The van der Waals surface area contributed by atoms with Crippen LogP contribution in [0.1, 0.15) is 70.3 Å². The molecule has 1 aliphatic carbocycles. The van der Waals surface area contributed by atoms with Gasteiger partial charge in [0.25, 0.3) is 5.91 Å². The van der Waals surface area contributed by atoms with Gasteiger partial charge in [-0.1, -0.05) is 75.8 Å². The Kier molecular flexibility index (Phi) is 5.77. The number of amides is 1. The molecule has 0 radical (unpaired) electrons. The van der Waals surface area contributed by atoms with Gasteiger partial charge in [0.05, 0.1) is 0 Å². The molecule has 0 spiro atoms. The van der Waals surface area contributed by atoms with Crippen LogP contribution in [0.2, 0.25) is 0 Å². The fourth-order valence-corrected chi connectivity index (χ4v) is 4.41. The number of guanidine groups is 1. The van der Waals surface area contributed by atoms with Crippen LogP contribution < -0.4 is 5.73 Å². The van der Waals surface area contributed by atoms with Gasteiger partial charge in [-0.05, 0) is 30.7 Å². The van der Waals surface area contributed by atoms with Gasteiger partial charge in [-0.2, -0.15) is 0 Å². The van der Waals surface area contributed by atoms with E-state index in [0.717, 1.165) is 31.2 Å². The lowest BCUT2D eigenvalue weighted by molar-refractivity contribution is -0.134. The van der Waals surface area contributed by atoms with Crippen molar-refractivity contribution in [3.8, 4) is 0 Å². The number of benzene rings is 1. The SMILES string of the molecule is CCCCCCN1C(=O)C(c2ccccc2)(C2CCCCC2)N=C1N. The van der Waals surface area contributed by atoms with Crippen LogP contribution in [0.25, 0.3) is 0 Å². The minimum atomic E-state index is -0.795. The molecular weight excluding hydrogens is 310 g/mol. The van der Waals surface area contributed by atoms with Crippen LogP contribution in [0.3, 0.4) is 0 Å². The molecule has 1 atom stereocenters. The van der Waals surface area contributed by atoms with E-state index < -0.39 is 5.54 Å². The molecule has 2 N–H and O–H groups in total. The molecule has 3 rings (SSSR count). The monoisotopic (exact) mass is 341 g/mol. The summed E-state index contributed by atoms with van der Waals surface area (Å²) in [6, 6.07) is 10.1. The second-order valence-corrected chi connectivity index (χ2v) is 7.45. The van der Waals surface area contributed by atoms with E-state index in [4.69, 9.17) is 10.7 Å². The van der Waals surface area contributed by atoms with Crippen molar-refractivity contribution in [2.24, 2.45) is 16.6 Å². The van der Waals surface area contributed by atoms with Gasteiger partial charge in [0.15, 0.2) is 11.5 Å². The highest BCUT2D eigenvalue weighted by atomic mass is 16.2. The van der Waals surface area contributed by atoms with Crippen LogP contribution in [-0.4, -0.2) is 23.3 Å². The number of nitrogens with two attached hydrogens (primary N) is 1. The van der Waals surface area contributed by atoms with Crippen LogP contribution >= 0.6 is 0 Å². The van der Waals surface area contributed by atoms with E-state index in [1.165, 1.54) is 32.1 Å². The van der Waals surface area contributed by atoms with E-state index in [2.05, 4.69) is 6.92 Å². The maximum Gasteiger partial charge on any atom is 0.262 e. The molecule has 4 heteroatoms. The van der Waals surface area contributed by atoms with Crippen molar-refractivity contribution in [3.63, 3.8) is 0 Å². The maximum absolute atomic E-state index is 13.5. The van der Waals surface area contributed by atoms with E-state index in [0.29, 0.717) is 12.5 Å². The number of aliphatic imine (C=N–C) groups is 1. The fraction of sp³-hybridized carbons (Fsp3) is 0.619. The van der Waals surface area contributed by atoms with Crippen LogP contribution in [-0.2, 0) is 10.3 Å². The molecule has 4 nitrogen and oxygen atoms in total. The summed E-state index contributed by atoms with van der Waals surface area (Å²) in [6.45, 7) is 2.88. The number of hydrogen-bond donors (Lipinski definition) is 1. The second-order valence-electron chi connectivity index (χ2n) is 7.45. The lowest BCUT2D eigenvalue weighted by atomic mass is 9.71. The molecule has 1 unspecified atom stereocenters. The molecule has 1 aromatic rings. The third-order valence-corrected chi connectivity index (χ3v) is 5.78. The molecule has 1 saturated carbocycles. The van der Waals surface area contributed by atoms with Crippen molar-refractivity contribution in [2.45, 2.75) is 70.3 Å². The molecule has 0 saturated heterocycles. The Labute approximate surface area is 151 Å². The van der Waals surface area contributed by atoms with Gasteiger partial charge in [-0.3, -0.25) is 9.69 Å². The van der Waals surface area contributed by atoms with Crippen molar-refractivity contribution in [2.75, 3.05) is 6.54 Å². The first-order chi connectivity index (χ1) is 12.2. The van der Waals surface area contributed by atoms with Crippen LogP contribution in [0, 0.1) is 5.92 Å². The minimum absolute atomic E-state index is 0.0969. The zero-order valence-corrected chi connectivity index (χ0v) is 15.4. The predicted octanol–water partition coefficient (Wildman–Crippen LogP) is 4.20. The van der Waals surface area contributed by atoms with Crippen molar-refractivity contribution in [1.29, 1.82) is 0 Å². The first kappa shape index (κ1) is 18.0. The van der Waals surface area contributed by atoms with Gasteiger partial charge in [-0.15, -0.1) is 0 Å². The standard InChI is InChI=1S/C21H31N3O/c1-2-3-4-11-16-24-19(25)21(23-20(24)22,17-12-7-5-8-13-17)18-14-9-6-10-15-18/h5,7-8,12-13,18H,2-4,6,9-11,14-16H2,1H3,(H2,22,23). The van der Waals surface area contributed by atoms with E-state index in [1.54, 1.807) is 4.90 Å². The molecule has 1 heterocycles. The third-order valence-electron chi connectivity index (χ3n) is 5.78. The molecular formula is C21H31N3O. The number of carbonyl (C=O) groups is 1. The zero-order chi connectivity index (χ0) is 17.7. The number of rotatable bonds is 7. The molecule has 136 valence electrons. The average Bonchev–Trinajstić information content (AvgIpc) is 2.92. The Hall–Kier alpha value is -1.84. The zero-order valence-electron chi connectivity index (χ0n) is 15.4. The number of carbonyl (C=O) groups excluding carboxylic acids is 1. The van der Waals surface area contributed by atoms with Gasteiger partial charge >= 0.3 is 0 Å². The highest BCUT2D eigenvalue weighted by Gasteiger charge is 2.53. The van der Waals surface area contributed by atoms with E-state index in [-0.39, 0.29) is 11.8 Å². The molecule has 1 fully saturated rings. The summed E-state index contributed by atoms with van der Waals surface area (Å²) in [5, 5.41) is 0. The van der Waals surface area contributed by atoms with E-state index in [9.17, 15) is 4.79 Å². The molecule has 0 aromatic heterocycles. The summed E-state index contributed by atoms with van der Waals surface area (Å²) in [4.78, 5) is 20.1. The Morgan fingerprint density at radius 2 is 1.84 bits per heavy atom. The Bertz CT molecular complexity index is 607. The quantitative estimate of drug-likeness (QED) is 0.756. The molecule has 0 bridgehead atoms. The third kappa shape index (κ3) is 3.44. The largest absolute Gasteiger partial charge is 0.369 e. The van der Waals surface area contributed by atoms with Crippen molar-refractivity contribution >= 4 is 11.9 Å². The molecule has 1 aliphatic heterocycles. The number of nitrogens with zero attached hydrogens (tertiary/aromatic N) is 2. The predicted molar refractivity (Wildman–Crippen MR) is 102 cm³/mol. The lowest BCUT2D eigenvalue weighted by Crippen LogP contribution is -2.47. The molecule has 2 aliphatic rings. The van der Waals surface area contributed by atoms with Gasteiger partial charge in [-0.25, -0.2) is 4.99 Å². The van der Waals surface area contributed by atoms with Crippen molar-refractivity contribution in [3.05, 3.63) is 35.9 Å². The van der Waals surface area contributed by atoms with Crippen LogP contribution in [0.4, 0.5) is 0 Å². The van der Waals surface area contributed by atoms with Crippen molar-refractivity contribution in [1.82, 2.24) is 4.90 Å². The summed E-state index contributed by atoms with van der Waals surface area (Å²) in [6.07, 6.45) is 10.2. The Morgan fingerprint density at radius 1 is 1.12 bits per heavy atom. The fourth-order valence-electron chi connectivity index (χ4n) is 4.41. The summed E-state index contributed by atoms with van der Waals surface area (Å²) in [5.74, 6) is 0.769. The van der Waals surface area contributed by atoms with E-state index >= 15 is 0 Å². The lowest BCUT2D eigenvalue weighted by Gasteiger charge is -2.36. The first-order valence-corrected chi connectivity index (χ1v) is 9.93. The Balaban J connectivity index is 1.89. The van der Waals surface area contributed by atoms with Crippen LogP contribution in [0.5, 0.6) is 0 Å². The van der Waals surface area contributed by atoms with Gasteiger partial charge in [0.2, 0.25) is 0 Å². The highest BCUT2D eigenvalue weighted by Crippen LogP contribution is 2.46. The van der Waals surface area contributed by atoms with Crippen molar-refractivity contribution < 1.29 is 4.79 Å². The first-order valence-electron chi connectivity index (χ1n) is 9.93. The maximum atomic E-state index is 13.5. The number of hydrogen-bond acceptors (Lipinski definition) is 3. The van der Waals surface area contributed by atoms with Gasteiger partial charge in [0, 0.05) is 6.54 Å². The normalized spacial score (nSPS) is 24.6. The molecule has 1 aromatic carbocycles. The van der Waals surface area contributed by atoms with E-state index in [1.807, 2.05) is 30.3 Å². The minimum Gasteiger partial charge on any atom is -0.369 e. The topological polar surface area (TPSA) is 58.7 Å². The number of unbranched alkanes of at least 4 members (excludes halogenated alkanes) is 3. The second kappa shape index (κ2) is 8.03. The summed E-state index contributed by atoms with van der Waals surface area (Å²) >= 11 is 0. The van der Waals surface area contributed by atoms with Gasteiger partial charge < -0.3 is 5.73 Å².